The first-order chi connectivity index (χ1) is 9.60. The van der Waals surface area contributed by atoms with E-state index in [-0.39, 0.29) is 23.3 Å². The van der Waals surface area contributed by atoms with Crippen LogP contribution in [0.25, 0.3) is 0 Å². The molecule has 1 heterocycles. The largest absolute Gasteiger partial charge is 0.507 e. The lowest BCUT2D eigenvalue weighted by Gasteiger charge is -2.30. The molecule has 5 nitrogen and oxygen atoms in total. The van der Waals surface area contributed by atoms with Crippen LogP contribution in [0, 0.1) is 11.3 Å². The van der Waals surface area contributed by atoms with Crippen molar-refractivity contribution in [3.05, 3.63) is 28.8 Å². The van der Waals surface area contributed by atoms with Crippen molar-refractivity contribution >= 4 is 17.5 Å². The fourth-order valence-corrected chi connectivity index (χ4v) is 2.46. The summed E-state index contributed by atoms with van der Waals surface area (Å²) in [6, 6.07) is 6.59. The first kappa shape index (κ1) is 14.6. The minimum absolute atomic E-state index is 0.0656. The number of carbonyl (C=O) groups excluding carboxylic acids is 1. The van der Waals surface area contributed by atoms with Gasteiger partial charge in [0.25, 0.3) is 5.91 Å². The van der Waals surface area contributed by atoms with Gasteiger partial charge in [0.15, 0.2) is 0 Å². The topological polar surface area (TPSA) is 76.4 Å². The highest BCUT2D eigenvalue weighted by Gasteiger charge is 2.22. The quantitative estimate of drug-likeness (QED) is 0.833. The molecule has 1 aliphatic rings. The number of hydrogen-bond acceptors (Lipinski definition) is 4. The van der Waals surface area contributed by atoms with Crippen molar-refractivity contribution in [2.45, 2.75) is 18.9 Å². The Hall–Kier alpha value is -1.77. The molecule has 0 radical (unpaired) electrons. The van der Waals surface area contributed by atoms with Gasteiger partial charge in [-0.1, -0.05) is 11.6 Å². The lowest BCUT2D eigenvalue weighted by molar-refractivity contribution is 0.0911. The van der Waals surface area contributed by atoms with E-state index >= 15 is 0 Å². The summed E-state index contributed by atoms with van der Waals surface area (Å²) in [5.41, 5.74) is 0.192. The Morgan fingerprint density at radius 1 is 1.50 bits per heavy atom. The highest BCUT2D eigenvalue weighted by atomic mass is 35.5. The van der Waals surface area contributed by atoms with Crippen molar-refractivity contribution in [2.24, 2.45) is 0 Å². The van der Waals surface area contributed by atoms with Crippen molar-refractivity contribution in [1.82, 2.24) is 10.2 Å². The maximum absolute atomic E-state index is 12.1. The van der Waals surface area contributed by atoms with Crippen molar-refractivity contribution < 1.29 is 9.90 Å². The zero-order valence-electron chi connectivity index (χ0n) is 11.0. The lowest BCUT2D eigenvalue weighted by Crippen LogP contribution is -2.44. The molecule has 20 heavy (non-hydrogen) atoms. The van der Waals surface area contributed by atoms with Crippen LogP contribution in [0.5, 0.6) is 5.75 Å². The van der Waals surface area contributed by atoms with E-state index in [0.717, 1.165) is 25.9 Å². The molecule has 2 rings (SSSR count). The monoisotopic (exact) mass is 293 g/mol. The number of nitrogens with one attached hydrogen (secondary N) is 1. The Morgan fingerprint density at radius 3 is 2.85 bits per heavy atom. The standard InChI is InChI=1S/C14H16ClN3O2/c15-10-1-2-13(19)12(9-10)14(20)17-11-3-6-18(7-4-11)8-5-16/h1-2,9,11,19H,3-4,6-8H2,(H,17,20). The predicted molar refractivity (Wildman–Crippen MR) is 75.7 cm³/mol. The minimum atomic E-state index is -0.316. The summed E-state index contributed by atoms with van der Waals surface area (Å²) in [4.78, 5) is 14.2. The number of carbonyl (C=O) groups is 1. The zero-order chi connectivity index (χ0) is 14.5. The molecule has 0 unspecified atom stereocenters. The Morgan fingerprint density at radius 2 is 2.20 bits per heavy atom. The fraction of sp³-hybridized carbons (Fsp3) is 0.429. The highest BCUT2D eigenvalue weighted by molar-refractivity contribution is 6.31. The molecule has 0 aliphatic carbocycles. The molecule has 1 aromatic rings. The van der Waals surface area contributed by atoms with Gasteiger partial charge in [0.1, 0.15) is 5.75 Å². The van der Waals surface area contributed by atoms with Crippen LogP contribution in [0.1, 0.15) is 23.2 Å². The van der Waals surface area contributed by atoms with Crippen LogP contribution in [0.2, 0.25) is 5.02 Å². The zero-order valence-corrected chi connectivity index (χ0v) is 11.7. The molecule has 1 saturated heterocycles. The second-order valence-corrected chi connectivity index (χ2v) is 5.28. The summed E-state index contributed by atoms with van der Waals surface area (Å²) in [6.45, 7) is 2.01. The van der Waals surface area contributed by atoms with Gasteiger partial charge in [-0.3, -0.25) is 9.69 Å². The molecule has 0 saturated carbocycles. The molecular weight excluding hydrogens is 278 g/mol. The van der Waals surface area contributed by atoms with Crippen LogP contribution in [-0.4, -0.2) is 41.6 Å². The highest BCUT2D eigenvalue weighted by Crippen LogP contribution is 2.22. The van der Waals surface area contributed by atoms with Crippen LogP contribution in [0.15, 0.2) is 18.2 Å². The second kappa shape index (κ2) is 6.60. The molecular formula is C14H16ClN3O2. The van der Waals surface area contributed by atoms with Crippen LogP contribution in [0.4, 0.5) is 0 Å². The van der Waals surface area contributed by atoms with E-state index in [1.54, 1.807) is 0 Å². The van der Waals surface area contributed by atoms with E-state index in [1.165, 1.54) is 18.2 Å². The Bertz CT molecular complexity index is 534. The number of nitriles is 1. The van der Waals surface area contributed by atoms with Crippen LogP contribution in [-0.2, 0) is 0 Å². The first-order valence-electron chi connectivity index (χ1n) is 6.49. The third kappa shape index (κ3) is 3.62. The number of hydrogen-bond donors (Lipinski definition) is 2. The number of likely N-dealkylation sites (tertiary alicyclic amines) is 1. The van der Waals surface area contributed by atoms with Gasteiger partial charge in [-0.2, -0.15) is 5.26 Å². The summed E-state index contributed by atoms with van der Waals surface area (Å²) in [7, 11) is 0. The van der Waals surface area contributed by atoms with Gasteiger partial charge in [-0.05, 0) is 31.0 Å². The normalized spacial score (nSPS) is 16.6. The Kier molecular flexibility index (Phi) is 4.83. The maximum atomic E-state index is 12.1. The van der Waals surface area contributed by atoms with Crippen molar-refractivity contribution in [2.75, 3.05) is 19.6 Å². The van der Waals surface area contributed by atoms with Gasteiger partial charge in [0, 0.05) is 24.2 Å². The lowest BCUT2D eigenvalue weighted by atomic mass is 10.0. The Balaban J connectivity index is 1.93. The van der Waals surface area contributed by atoms with E-state index in [0.29, 0.717) is 11.6 Å². The molecule has 0 atom stereocenters. The predicted octanol–water partition coefficient (Wildman–Crippen LogP) is 1.76. The van der Waals surface area contributed by atoms with E-state index in [4.69, 9.17) is 16.9 Å². The molecule has 1 amide bonds. The number of amides is 1. The molecule has 1 aromatic carbocycles. The fourth-order valence-electron chi connectivity index (χ4n) is 2.29. The summed E-state index contributed by atoms with van der Waals surface area (Å²) < 4.78 is 0. The molecule has 0 bridgehead atoms. The van der Waals surface area contributed by atoms with E-state index in [9.17, 15) is 9.90 Å². The van der Waals surface area contributed by atoms with Crippen LogP contribution < -0.4 is 5.32 Å². The average Bonchev–Trinajstić information content (AvgIpc) is 2.44. The van der Waals surface area contributed by atoms with Gasteiger partial charge < -0.3 is 10.4 Å². The van der Waals surface area contributed by atoms with Gasteiger partial charge >= 0.3 is 0 Å². The van der Waals surface area contributed by atoms with Crippen molar-refractivity contribution in [1.29, 1.82) is 5.26 Å². The number of nitrogens with zero attached hydrogens (tertiary/aromatic N) is 2. The molecule has 0 aromatic heterocycles. The number of benzene rings is 1. The number of phenols is 1. The summed E-state index contributed by atoms with van der Waals surface area (Å²) in [5.74, 6) is -0.391. The summed E-state index contributed by atoms with van der Waals surface area (Å²) in [5, 5.41) is 21.6. The average molecular weight is 294 g/mol. The third-order valence-electron chi connectivity index (χ3n) is 3.42. The van der Waals surface area contributed by atoms with Gasteiger partial charge in [0.05, 0.1) is 18.2 Å². The molecule has 106 valence electrons. The number of aromatic hydroxyl groups is 1. The van der Waals surface area contributed by atoms with Gasteiger partial charge in [-0.15, -0.1) is 0 Å². The number of rotatable bonds is 3. The first-order valence-corrected chi connectivity index (χ1v) is 6.86. The number of halogens is 1. The summed E-state index contributed by atoms with van der Waals surface area (Å²) >= 11 is 5.83. The number of phenolic OH excluding ortho intramolecular Hbond substituents is 1. The van der Waals surface area contributed by atoms with E-state index in [1.807, 2.05) is 0 Å². The van der Waals surface area contributed by atoms with Gasteiger partial charge in [-0.25, -0.2) is 0 Å². The molecule has 1 aliphatic heterocycles. The van der Waals surface area contributed by atoms with Crippen molar-refractivity contribution in [3.63, 3.8) is 0 Å². The Labute approximate surface area is 122 Å². The smallest absolute Gasteiger partial charge is 0.255 e. The maximum Gasteiger partial charge on any atom is 0.255 e. The summed E-state index contributed by atoms with van der Waals surface area (Å²) in [6.07, 6.45) is 1.60. The molecule has 0 spiro atoms. The van der Waals surface area contributed by atoms with Gasteiger partial charge in [0.2, 0.25) is 0 Å². The SMILES string of the molecule is N#CCN1CCC(NC(=O)c2cc(Cl)ccc2O)CC1. The van der Waals surface area contributed by atoms with Crippen LogP contribution in [0.3, 0.4) is 0 Å². The second-order valence-electron chi connectivity index (χ2n) is 4.84. The van der Waals surface area contributed by atoms with Crippen molar-refractivity contribution in [3.8, 4) is 11.8 Å². The molecule has 6 heteroatoms. The molecule has 2 N–H and O–H groups in total. The van der Waals surface area contributed by atoms with E-state index in [2.05, 4.69) is 16.3 Å². The van der Waals surface area contributed by atoms with E-state index < -0.39 is 0 Å². The minimum Gasteiger partial charge on any atom is -0.507 e. The number of piperidine rings is 1. The third-order valence-corrected chi connectivity index (χ3v) is 3.66. The van der Waals surface area contributed by atoms with Crippen LogP contribution >= 0.6 is 11.6 Å². The molecule has 1 fully saturated rings.